The van der Waals surface area contributed by atoms with Crippen LogP contribution in [0.5, 0.6) is 0 Å². The standard InChI is InChI=1S/C9H17NO4S2/c1-3-6-14-9(12)16-10(5-7-15)8(11)13-4-2/h15H,3-7H2,1-2H3. The van der Waals surface area contributed by atoms with E-state index in [2.05, 4.69) is 12.6 Å². The Balaban J connectivity index is 4.10. The molecule has 0 aromatic carbocycles. The summed E-state index contributed by atoms with van der Waals surface area (Å²) in [7, 11) is 0. The van der Waals surface area contributed by atoms with E-state index in [4.69, 9.17) is 9.47 Å². The number of rotatable bonds is 5. The van der Waals surface area contributed by atoms with E-state index in [1.807, 2.05) is 6.92 Å². The maximum Gasteiger partial charge on any atom is 0.420 e. The molecule has 0 radical (unpaired) electrons. The molecule has 0 unspecified atom stereocenters. The van der Waals surface area contributed by atoms with E-state index in [1.54, 1.807) is 6.92 Å². The Morgan fingerprint density at radius 1 is 1.31 bits per heavy atom. The second kappa shape index (κ2) is 9.65. The highest BCUT2D eigenvalue weighted by Crippen LogP contribution is 2.15. The average Bonchev–Trinajstić information content (AvgIpc) is 2.26. The monoisotopic (exact) mass is 267 g/mol. The minimum absolute atomic E-state index is 0.270. The largest absolute Gasteiger partial charge is 0.456 e. The van der Waals surface area contributed by atoms with Crippen LogP contribution in [0.4, 0.5) is 9.59 Å². The first-order chi connectivity index (χ1) is 7.65. The molecule has 0 atom stereocenters. The van der Waals surface area contributed by atoms with Gasteiger partial charge in [0.2, 0.25) is 0 Å². The van der Waals surface area contributed by atoms with Crippen molar-refractivity contribution in [3.8, 4) is 0 Å². The van der Waals surface area contributed by atoms with Gasteiger partial charge in [0.05, 0.1) is 25.2 Å². The van der Waals surface area contributed by atoms with Crippen LogP contribution in [0, 0.1) is 0 Å². The second-order valence-corrected chi connectivity index (χ2v) is 4.12. The lowest BCUT2D eigenvalue weighted by Gasteiger charge is -2.17. The van der Waals surface area contributed by atoms with Crippen molar-refractivity contribution < 1.29 is 19.1 Å². The first-order valence-corrected chi connectivity index (χ1v) is 6.46. The molecule has 0 saturated heterocycles. The smallest absolute Gasteiger partial charge is 0.420 e. The summed E-state index contributed by atoms with van der Waals surface area (Å²) in [6.07, 6.45) is 0.202. The van der Waals surface area contributed by atoms with Crippen LogP contribution < -0.4 is 0 Å². The van der Waals surface area contributed by atoms with Gasteiger partial charge in [0, 0.05) is 12.3 Å². The van der Waals surface area contributed by atoms with Crippen molar-refractivity contribution in [2.75, 3.05) is 25.5 Å². The molecule has 0 aliphatic rings. The fourth-order valence-electron chi connectivity index (χ4n) is 0.762. The Bertz CT molecular complexity index is 226. The fourth-order valence-corrected chi connectivity index (χ4v) is 1.72. The molecular formula is C9H17NO4S2. The molecule has 16 heavy (non-hydrogen) atoms. The van der Waals surface area contributed by atoms with Crippen molar-refractivity contribution in [3.63, 3.8) is 0 Å². The predicted octanol–water partition coefficient (Wildman–Crippen LogP) is 2.57. The lowest BCUT2D eigenvalue weighted by molar-refractivity contribution is 0.134. The van der Waals surface area contributed by atoms with Crippen LogP contribution in [0.25, 0.3) is 0 Å². The molecule has 0 bridgehead atoms. The lowest BCUT2D eigenvalue weighted by Crippen LogP contribution is -2.28. The molecule has 0 aromatic heterocycles. The summed E-state index contributed by atoms with van der Waals surface area (Å²) in [6.45, 7) is 4.55. The zero-order chi connectivity index (χ0) is 12.4. The molecule has 0 fully saturated rings. The SMILES string of the molecule is CCCOC(=O)SN(CCS)C(=O)OCC. The molecule has 0 aliphatic carbocycles. The van der Waals surface area contributed by atoms with E-state index >= 15 is 0 Å². The van der Waals surface area contributed by atoms with Gasteiger partial charge in [-0.1, -0.05) is 6.92 Å². The molecule has 0 rings (SSSR count). The molecule has 0 aromatic rings. The van der Waals surface area contributed by atoms with Gasteiger partial charge in [0.1, 0.15) is 0 Å². The number of carbonyl (C=O) groups is 2. The molecule has 7 heteroatoms. The summed E-state index contributed by atoms with van der Waals surface area (Å²) >= 11 is 4.71. The van der Waals surface area contributed by atoms with Gasteiger partial charge in [-0.3, -0.25) is 0 Å². The first-order valence-electron chi connectivity index (χ1n) is 5.05. The van der Waals surface area contributed by atoms with Crippen molar-refractivity contribution in [3.05, 3.63) is 0 Å². The molecule has 94 valence electrons. The van der Waals surface area contributed by atoms with Gasteiger partial charge in [-0.15, -0.1) is 0 Å². The molecule has 5 nitrogen and oxygen atoms in total. The molecule has 1 amide bonds. The third-order valence-corrected chi connectivity index (χ3v) is 2.40. The Labute approximate surface area is 105 Å². The van der Waals surface area contributed by atoms with Gasteiger partial charge in [-0.2, -0.15) is 12.6 Å². The summed E-state index contributed by atoms with van der Waals surface area (Å²) in [6, 6.07) is 0. The van der Waals surface area contributed by atoms with Crippen LogP contribution in [-0.4, -0.2) is 41.2 Å². The zero-order valence-corrected chi connectivity index (χ0v) is 11.2. The zero-order valence-electron chi connectivity index (χ0n) is 9.47. The summed E-state index contributed by atoms with van der Waals surface area (Å²) in [4.78, 5) is 22.6. The third-order valence-electron chi connectivity index (χ3n) is 1.38. The number of hydrogen-bond donors (Lipinski definition) is 1. The predicted molar refractivity (Wildman–Crippen MR) is 66.8 cm³/mol. The molecule has 0 aliphatic heterocycles. The first kappa shape index (κ1) is 15.4. The molecule has 0 heterocycles. The highest BCUT2D eigenvalue weighted by atomic mass is 32.2. The van der Waals surface area contributed by atoms with Crippen molar-refractivity contribution in [1.29, 1.82) is 0 Å². The Kier molecular flexibility index (Phi) is 9.31. The van der Waals surface area contributed by atoms with E-state index in [1.165, 1.54) is 4.31 Å². The lowest BCUT2D eigenvalue weighted by atomic mass is 10.5. The van der Waals surface area contributed by atoms with Crippen LogP contribution >= 0.6 is 24.6 Å². The quantitative estimate of drug-likeness (QED) is 0.471. The number of amides is 1. The van der Waals surface area contributed by atoms with Crippen LogP contribution in [0.15, 0.2) is 0 Å². The topological polar surface area (TPSA) is 55.8 Å². The molecule has 0 N–H and O–H groups in total. The Hall–Kier alpha value is -0.560. The number of nitrogens with zero attached hydrogens (tertiary/aromatic N) is 1. The van der Waals surface area contributed by atoms with Gasteiger partial charge in [0.25, 0.3) is 0 Å². The fraction of sp³-hybridized carbons (Fsp3) is 0.778. The van der Waals surface area contributed by atoms with Crippen LogP contribution in [0.2, 0.25) is 0 Å². The van der Waals surface area contributed by atoms with Crippen molar-refractivity contribution in [2.24, 2.45) is 0 Å². The van der Waals surface area contributed by atoms with Crippen LogP contribution in [0.3, 0.4) is 0 Å². The highest BCUT2D eigenvalue weighted by molar-refractivity contribution is 8.11. The normalized spacial score (nSPS) is 9.69. The van der Waals surface area contributed by atoms with Gasteiger partial charge in [-0.25, -0.2) is 13.9 Å². The Morgan fingerprint density at radius 3 is 2.50 bits per heavy atom. The minimum Gasteiger partial charge on any atom is -0.456 e. The van der Waals surface area contributed by atoms with Crippen molar-refractivity contribution in [1.82, 2.24) is 4.31 Å². The van der Waals surface area contributed by atoms with E-state index in [9.17, 15) is 9.59 Å². The molecular weight excluding hydrogens is 250 g/mol. The maximum absolute atomic E-state index is 11.4. The van der Waals surface area contributed by atoms with Gasteiger partial charge >= 0.3 is 11.4 Å². The molecule has 0 spiro atoms. The third kappa shape index (κ3) is 6.84. The minimum atomic E-state index is -0.546. The summed E-state index contributed by atoms with van der Waals surface area (Å²) in [5, 5.41) is -0.503. The van der Waals surface area contributed by atoms with Crippen LogP contribution in [-0.2, 0) is 9.47 Å². The van der Waals surface area contributed by atoms with E-state index in [0.717, 1.165) is 6.42 Å². The highest BCUT2D eigenvalue weighted by Gasteiger charge is 2.19. The summed E-state index contributed by atoms with van der Waals surface area (Å²) in [5.41, 5.74) is 0. The number of ether oxygens (including phenoxy) is 2. The maximum atomic E-state index is 11.4. The van der Waals surface area contributed by atoms with Crippen LogP contribution in [0.1, 0.15) is 20.3 Å². The van der Waals surface area contributed by atoms with E-state index in [0.29, 0.717) is 30.9 Å². The number of thiol groups is 1. The average molecular weight is 267 g/mol. The summed E-state index contributed by atoms with van der Waals surface area (Å²) < 4.78 is 10.8. The van der Waals surface area contributed by atoms with Crippen molar-refractivity contribution >= 4 is 36.0 Å². The van der Waals surface area contributed by atoms with Gasteiger partial charge in [-0.05, 0) is 13.3 Å². The molecule has 0 saturated carbocycles. The number of carbonyl (C=O) groups excluding carboxylic acids is 2. The number of hydrogen-bond acceptors (Lipinski definition) is 6. The Morgan fingerprint density at radius 2 is 2.00 bits per heavy atom. The van der Waals surface area contributed by atoms with Gasteiger partial charge < -0.3 is 9.47 Å². The van der Waals surface area contributed by atoms with Gasteiger partial charge in [0.15, 0.2) is 0 Å². The second-order valence-electron chi connectivity index (χ2n) is 2.71. The van der Waals surface area contributed by atoms with Crippen molar-refractivity contribution in [2.45, 2.75) is 20.3 Å². The summed E-state index contributed by atoms with van der Waals surface area (Å²) in [5.74, 6) is 0.451. The van der Waals surface area contributed by atoms with E-state index < -0.39 is 11.4 Å². The van der Waals surface area contributed by atoms with E-state index in [-0.39, 0.29) is 6.61 Å².